The van der Waals surface area contributed by atoms with Crippen LogP contribution in [0.5, 0.6) is 0 Å². The van der Waals surface area contributed by atoms with Crippen molar-refractivity contribution >= 4 is 17.8 Å². The molecule has 6 nitrogen and oxygen atoms in total. The van der Waals surface area contributed by atoms with Crippen molar-refractivity contribution in [1.29, 1.82) is 0 Å². The summed E-state index contributed by atoms with van der Waals surface area (Å²) < 4.78 is 5.52. The monoisotopic (exact) mass is 337 g/mol. The molecular formula is C19H15NO5. The van der Waals surface area contributed by atoms with Crippen LogP contribution in [0.25, 0.3) is 0 Å². The number of carbonyl (C=O) groups excluding carboxylic acids is 3. The first-order valence-corrected chi connectivity index (χ1v) is 8.03. The molecule has 2 aliphatic rings. The number of nitrogens with zero attached hydrogens (tertiary/aromatic N) is 1. The van der Waals surface area contributed by atoms with Gasteiger partial charge in [-0.15, -0.1) is 0 Å². The summed E-state index contributed by atoms with van der Waals surface area (Å²) in [5.41, 5.74) is 1.42. The average Bonchev–Trinajstić information content (AvgIpc) is 3.23. The topological polar surface area (TPSA) is 72.9 Å². The lowest BCUT2D eigenvalue weighted by Crippen LogP contribution is -2.38. The minimum absolute atomic E-state index is 0.163. The Labute approximate surface area is 143 Å². The second-order valence-corrected chi connectivity index (χ2v) is 5.96. The zero-order valence-electron chi connectivity index (χ0n) is 13.3. The van der Waals surface area contributed by atoms with Crippen LogP contribution in [-0.4, -0.2) is 35.6 Å². The zero-order chi connectivity index (χ0) is 17.4. The normalized spacial score (nSPS) is 22.2. The highest BCUT2D eigenvalue weighted by Crippen LogP contribution is 2.33. The van der Waals surface area contributed by atoms with Gasteiger partial charge in [-0.05, 0) is 24.1 Å². The molecule has 2 aromatic rings. The largest absolute Gasteiger partial charge is 0.366 e. The van der Waals surface area contributed by atoms with Crippen molar-refractivity contribution in [3.63, 3.8) is 0 Å². The number of rotatable bonds is 3. The van der Waals surface area contributed by atoms with Crippen LogP contribution in [0.2, 0.25) is 0 Å². The fraction of sp³-hybridized carbons (Fsp3) is 0.211. The second-order valence-electron chi connectivity index (χ2n) is 5.96. The molecule has 0 spiro atoms. The molecule has 2 atom stereocenters. The van der Waals surface area contributed by atoms with Crippen LogP contribution in [0.15, 0.2) is 54.6 Å². The predicted octanol–water partition coefficient (Wildman–Crippen LogP) is 2.31. The minimum atomic E-state index is -0.841. The van der Waals surface area contributed by atoms with Crippen LogP contribution in [0, 0.1) is 0 Å². The Bertz CT molecular complexity index is 813. The summed E-state index contributed by atoms with van der Waals surface area (Å²) in [5, 5.41) is 0.525. The van der Waals surface area contributed by atoms with Gasteiger partial charge in [0.15, 0.2) is 6.10 Å². The van der Waals surface area contributed by atoms with Crippen molar-refractivity contribution in [2.45, 2.75) is 18.4 Å². The van der Waals surface area contributed by atoms with Crippen LogP contribution in [-0.2, 0) is 14.4 Å². The highest BCUT2D eigenvalue weighted by molar-refractivity contribution is 6.20. The van der Waals surface area contributed by atoms with Gasteiger partial charge in [-0.2, -0.15) is 0 Å². The predicted molar refractivity (Wildman–Crippen MR) is 86.6 cm³/mol. The SMILES string of the molecule is O=C(ON1C(=O)c2ccccc2C1=O)[C@@H]1OCC[C@@H]1c1ccccc1. The van der Waals surface area contributed by atoms with Crippen molar-refractivity contribution in [2.75, 3.05) is 6.61 Å². The Morgan fingerprint density at radius 2 is 1.56 bits per heavy atom. The van der Waals surface area contributed by atoms with Gasteiger partial charge in [-0.1, -0.05) is 47.5 Å². The highest BCUT2D eigenvalue weighted by Gasteiger charge is 2.43. The molecule has 0 saturated carbocycles. The molecule has 0 bridgehead atoms. The third kappa shape index (κ3) is 2.60. The number of benzene rings is 2. The molecule has 6 heteroatoms. The first kappa shape index (κ1) is 15.5. The van der Waals surface area contributed by atoms with Gasteiger partial charge in [0.1, 0.15) is 0 Å². The molecule has 0 radical (unpaired) electrons. The third-order valence-corrected chi connectivity index (χ3v) is 4.49. The van der Waals surface area contributed by atoms with Gasteiger partial charge in [-0.3, -0.25) is 9.59 Å². The Morgan fingerprint density at radius 1 is 0.960 bits per heavy atom. The maximum atomic E-state index is 12.5. The molecule has 25 heavy (non-hydrogen) atoms. The maximum absolute atomic E-state index is 12.5. The number of imide groups is 1. The maximum Gasteiger partial charge on any atom is 0.362 e. The number of fused-ring (bicyclic) bond motifs is 1. The smallest absolute Gasteiger partial charge is 0.362 e. The highest BCUT2D eigenvalue weighted by atomic mass is 16.7. The van der Waals surface area contributed by atoms with E-state index in [0.29, 0.717) is 18.1 Å². The number of carbonyl (C=O) groups is 3. The van der Waals surface area contributed by atoms with E-state index in [9.17, 15) is 14.4 Å². The van der Waals surface area contributed by atoms with E-state index in [1.165, 1.54) is 12.1 Å². The quantitative estimate of drug-likeness (QED) is 0.804. The molecule has 2 aromatic carbocycles. The van der Waals surface area contributed by atoms with Gasteiger partial charge in [0, 0.05) is 12.5 Å². The van der Waals surface area contributed by atoms with E-state index in [2.05, 4.69) is 0 Å². The summed E-state index contributed by atoms with van der Waals surface area (Å²) >= 11 is 0. The van der Waals surface area contributed by atoms with E-state index in [-0.39, 0.29) is 17.0 Å². The van der Waals surface area contributed by atoms with E-state index in [4.69, 9.17) is 9.57 Å². The summed E-state index contributed by atoms with van der Waals surface area (Å²) in [4.78, 5) is 42.3. The minimum Gasteiger partial charge on any atom is -0.366 e. The summed E-state index contributed by atoms with van der Waals surface area (Å²) in [7, 11) is 0. The van der Waals surface area contributed by atoms with Crippen LogP contribution in [0.3, 0.4) is 0 Å². The molecule has 0 aromatic heterocycles. The van der Waals surface area contributed by atoms with Gasteiger partial charge in [-0.25, -0.2) is 4.79 Å². The van der Waals surface area contributed by atoms with Crippen LogP contribution < -0.4 is 0 Å². The lowest BCUT2D eigenvalue weighted by molar-refractivity contribution is -0.179. The van der Waals surface area contributed by atoms with E-state index in [1.54, 1.807) is 12.1 Å². The van der Waals surface area contributed by atoms with Gasteiger partial charge < -0.3 is 9.57 Å². The fourth-order valence-electron chi connectivity index (χ4n) is 3.26. The molecular weight excluding hydrogens is 322 g/mol. The molecule has 2 aliphatic heterocycles. The Balaban J connectivity index is 1.53. The first-order chi connectivity index (χ1) is 12.2. The van der Waals surface area contributed by atoms with E-state index >= 15 is 0 Å². The molecule has 4 rings (SSSR count). The van der Waals surface area contributed by atoms with Crippen LogP contribution >= 0.6 is 0 Å². The Morgan fingerprint density at radius 3 is 2.20 bits per heavy atom. The van der Waals surface area contributed by atoms with E-state index in [1.807, 2.05) is 30.3 Å². The summed E-state index contributed by atoms with van der Waals surface area (Å²) in [5.74, 6) is -2.17. The lowest BCUT2D eigenvalue weighted by atomic mass is 9.93. The van der Waals surface area contributed by atoms with Gasteiger partial charge in [0.25, 0.3) is 11.8 Å². The number of hydroxylamine groups is 2. The lowest BCUT2D eigenvalue weighted by Gasteiger charge is -2.20. The molecule has 0 aliphatic carbocycles. The molecule has 0 N–H and O–H groups in total. The molecule has 1 fully saturated rings. The number of ether oxygens (including phenoxy) is 1. The number of hydrogen-bond donors (Lipinski definition) is 0. The molecule has 0 unspecified atom stereocenters. The first-order valence-electron chi connectivity index (χ1n) is 8.03. The third-order valence-electron chi connectivity index (χ3n) is 4.49. The zero-order valence-corrected chi connectivity index (χ0v) is 13.3. The van der Waals surface area contributed by atoms with E-state index in [0.717, 1.165) is 5.56 Å². The molecule has 2 amide bonds. The van der Waals surface area contributed by atoms with Crippen molar-refractivity contribution in [3.8, 4) is 0 Å². The second kappa shape index (κ2) is 6.14. The molecule has 1 saturated heterocycles. The Kier molecular flexibility index (Phi) is 3.82. The summed E-state index contributed by atoms with van der Waals surface area (Å²) in [6.45, 7) is 0.418. The number of amides is 2. The van der Waals surface area contributed by atoms with Crippen LogP contribution in [0.1, 0.15) is 38.6 Å². The van der Waals surface area contributed by atoms with Gasteiger partial charge >= 0.3 is 5.97 Å². The van der Waals surface area contributed by atoms with Gasteiger partial charge in [0.05, 0.1) is 11.1 Å². The van der Waals surface area contributed by atoms with Crippen molar-refractivity contribution in [2.24, 2.45) is 0 Å². The van der Waals surface area contributed by atoms with Crippen LogP contribution in [0.4, 0.5) is 0 Å². The van der Waals surface area contributed by atoms with Crippen molar-refractivity contribution in [3.05, 3.63) is 71.3 Å². The summed E-state index contributed by atoms with van der Waals surface area (Å²) in [6, 6.07) is 15.9. The van der Waals surface area contributed by atoms with Crippen molar-refractivity contribution in [1.82, 2.24) is 5.06 Å². The standard InChI is InChI=1S/C19H15NO5/c21-17-14-8-4-5-9-15(14)18(22)20(17)25-19(23)16-13(10-11-24-16)12-6-2-1-3-7-12/h1-9,13,16H,10-11H2/t13-,16-/m1/s1. The summed E-state index contributed by atoms with van der Waals surface area (Å²) in [6.07, 6.45) is -0.168. The van der Waals surface area contributed by atoms with E-state index < -0.39 is 23.9 Å². The molecule has 2 heterocycles. The number of hydrogen-bond acceptors (Lipinski definition) is 5. The average molecular weight is 337 g/mol. The van der Waals surface area contributed by atoms with Crippen molar-refractivity contribution < 1.29 is 24.0 Å². The molecule has 126 valence electrons. The fourth-order valence-corrected chi connectivity index (χ4v) is 3.26. The van der Waals surface area contributed by atoms with Gasteiger partial charge in [0.2, 0.25) is 0 Å². The Hall–Kier alpha value is -2.99.